The van der Waals surface area contributed by atoms with E-state index < -0.39 is 5.91 Å². The van der Waals surface area contributed by atoms with Crippen LogP contribution in [0.5, 0.6) is 0 Å². The molecule has 0 saturated heterocycles. The Balaban J connectivity index is 1.42. The van der Waals surface area contributed by atoms with Crippen molar-refractivity contribution in [2.45, 2.75) is 52.6 Å². The second-order valence-electron chi connectivity index (χ2n) is 10.0. The number of aromatic amines is 2. The fourth-order valence-electron chi connectivity index (χ4n) is 5.56. The van der Waals surface area contributed by atoms with Gasteiger partial charge in [-0.1, -0.05) is 18.2 Å². The number of aryl methyl sites for hydroxylation is 2. The lowest BCUT2D eigenvalue weighted by Gasteiger charge is -2.30. The number of benzene rings is 2. The number of amides is 1. The van der Waals surface area contributed by atoms with Crippen LogP contribution in [0.2, 0.25) is 0 Å². The van der Waals surface area contributed by atoms with Crippen LogP contribution in [-0.2, 0) is 24.2 Å². The summed E-state index contributed by atoms with van der Waals surface area (Å²) in [6, 6.07) is 11.5. The number of hydroxylamine groups is 1. The normalized spacial score (nSPS) is 15.2. The maximum absolute atomic E-state index is 13.7. The summed E-state index contributed by atoms with van der Waals surface area (Å²) in [7, 11) is 0. The minimum atomic E-state index is -0.545. The van der Waals surface area contributed by atoms with Gasteiger partial charge in [-0.25, -0.2) is 9.87 Å². The van der Waals surface area contributed by atoms with Crippen LogP contribution in [0.3, 0.4) is 0 Å². The number of carbonyl (C=O) groups excluding carboxylic acids is 1. The van der Waals surface area contributed by atoms with Gasteiger partial charge in [-0.15, -0.1) is 0 Å². The second kappa shape index (κ2) is 10.4. The van der Waals surface area contributed by atoms with E-state index in [0.29, 0.717) is 0 Å². The topological polar surface area (TPSA) is 84.2 Å². The van der Waals surface area contributed by atoms with Crippen LogP contribution in [0.25, 0.3) is 17.0 Å². The molecule has 37 heavy (non-hydrogen) atoms. The molecular formula is C30H33FN4O2. The number of aromatic nitrogens is 2. The zero-order chi connectivity index (χ0) is 26.1. The van der Waals surface area contributed by atoms with Crippen molar-refractivity contribution in [3.05, 3.63) is 99.3 Å². The minimum Gasteiger partial charge on any atom is -0.361 e. The highest BCUT2D eigenvalue weighted by Gasteiger charge is 2.29. The van der Waals surface area contributed by atoms with Crippen LogP contribution >= 0.6 is 0 Å². The number of hydrogen-bond donors (Lipinski definition) is 4. The number of rotatable bonds is 8. The first-order chi connectivity index (χ1) is 17.8. The number of nitrogens with zero attached hydrogens (tertiary/aromatic N) is 1. The number of nitrogens with one attached hydrogen (secondary N) is 3. The van der Waals surface area contributed by atoms with Crippen LogP contribution in [0.15, 0.2) is 48.7 Å². The molecule has 0 fully saturated rings. The first-order valence-electron chi connectivity index (χ1n) is 12.7. The predicted octanol–water partition coefficient (Wildman–Crippen LogP) is 5.81. The molecule has 1 aliphatic carbocycles. The molecule has 7 heteroatoms. The summed E-state index contributed by atoms with van der Waals surface area (Å²) in [4.78, 5) is 20.8. The van der Waals surface area contributed by atoms with Crippen molar-refractivity contribution < 1.29 is 14.4 Å². The summed E-state index contributed by atoms with van der Waals surface area (Å²) in [5.41, 5.74) is 12.3. The Morgan fingerprint density at radius 1 is 1.19 bits per heavy atom. The molecule has 2 aromatic heterocycles. The molecule has 0 aliphatic heterocycles. The monoisotopic (exact) mass is 500 g/mol. The third-order valence-corrected chi connectivity index (χ3v) is 7.87. The van der Waals surface area contributed by atoms with Crippen molar-refractivity contribution in [3.8, 4) is 0 Å². The lowest BCUT2D eigenvalue weighted by Crippen LogP contribution is -2.30. The third-order valence-electron chi connectivity index (χ3n) is 7.87. The Hall–Kier alpha value is -3.68. The van der Waals surface area contributed by atoms with Crippen LogP contribution in [-0.4, -0.2) is 32.5 Å². The van der Waals surface area contributed by atoms with Gasteiger partial charge in [0.05, 0.1) is 0 Å². The molecule has 1 unspecified atom stereocenters. The van der Waals surface area contributed by atoms with Crippen LogP contribution in [0.1, 0.15) is 57.2 Å². The van der Waals surface area contributed by atoms with Crippen molar-refractivity contribution in [1.29, 1.82) is 0 Å². The molecule has 1 amide bonds. The summed E-state index contributed by atoms with van der Waals surface area (Å²) in [6.07, 6.45) is 7.89. The second-order valence-corrected chi connectivity index (χ2v) is 10.0. The van der Waals surface area contributed by atoms with Crippen molar-refractivity contribution in [2.75, 3.05) is 6.54 Å². The molecule has 0 spiro atoms. The van der Waals surface area contributed by atoms with E-state index in [0.717, 1.165) is 48.8 Å². The molecule has 1 atom stereocenters. The van der Waals surface area contributed by atoms with Gasteiger partial charge in [0.25, 0.3) is 5.91 Å². The van der Waals surface area contributed by atoms with E-state index in [1.54, 1.807) is 17.6 Å². The third kappa shape index (κ3) is 5.10. The molecular weight excluding hydrogens is 467 g/mol. The molecule has 4 aromatic rings. The van der Waals surface area contributed by atoms with Gasteiger partial charge in [0.1, 0.15) is 5.82 Å². The van der Waals surface area contributed by atoms with Crippen molar-refractivity contribution in [3.63, 3.8) is 0 Å². The molecule has 6 nitrogen and oxygen atoms in total. The summed E-state index contributed by atoms with van der Waals surface area (Å²) in [6.45, 7) is 8.16. The summed E-state index contributed by atoms with van der Waals surface area (Å²) >= 11 is 0. The maximum atomic E-state index is 13.7. The number of carbonyl (C=O) groups is 1. The molecule has 5 rings (SSSR count). The van der Waals surface area contributed by atoms with Gasteiger partial charge in [-0.2, -0.15) is 0 Å². The zero-order valence-corrected chi connectivity index (χ0v) is 21.5. The fourth-order valence-corrected chi connectivity index (χ4v) is 5.56. The lowest BCUT2D eigenvalue weighted by molar-refractivity contribution is -0.124. The maximum Gasteiger partial charge on any atom is 0.267 e. The van der Waals surface area contributed by atoms with Gasteiger partial charge in [-0.3, -0.25) is 14.9 Å². The summed E-state index contributed by atoms with van der Waals surface area (Å²) in [5.74, 6) is -0.777. The van der Waals surface area contributed by atoms with Gasteiger partial charge >= 0.3 is 0 Å². The molecule has 4 N–H and O–H groups in total. The van der Waals surface area contributed by atoms with E-state index >= 15 is 0 Å². The number of fused-ring (bicyclic) bond motifs is 2. The van der Waals surface area contributed by atoms with E-state index in [2.05, 4.69) is 47.8 Å². The SMILES string of the molecule is Cc1[nH]c(CN(CCc2c[nH]c3cc(F)ccc23)C2CCc3cc(/C=C/C(=O)NO)ccc32)c(C)c1C. The molecule has 0 bridgehead atoms. The number of hydrogen-bond acceptors (Lipinski definition) is 3. The van der Waals surface area contributed by atoms with E-state index in [1.807, 2.05) is 18.3 Å². The van der Waals surface area contributed by atoms with E-state index in [1.165, 1.54) is 51.3 Å². The molecule has 2 aromatic carbocycles. The largest absolute Gasteiger partial charge is 0.361 e. The summed E-state index contributed by atoms with van der Waals surface area (Å²) < 4.78 is 13.7. The molecule has 2 heterocycles. The first kappa shape index (κ1) is 25.0. The Kier molecular flexibility index (Phi) is 7.00. The molecule has 1 aliphatic rings. The van der Waals surface area contributed by atoms with Gasteiger partial charge in [0.15, 0.2) is 0 Å². The summed E-state index contributed by atoms with van der Waals surface area (Å²) in [5, 5.41) is 9.80. The zero-order valence-electron chi connectivity index (χ0n) is 21.5. The van der Waals surface area contributed by atoms with Crippen molar-refractivity contribution in [2.24, 2.45) is 0 Å². The Labute approximate surface area is 216 Å². The van der Waals surface area contributed by atoms with Crippen molar-refractivity contribution >= 4 is 22.9 Å². The average Bonchev–Trinajstić information content (AvgIpc) is 3.57. The Morgan fingerprint density at radius 3 is 2.78 bits per heavy atom. The average molecular weight is 501 g/mol. The Morgan fingerprint density at radius 2 is 2.03 bits per heavy atom. The number of halogens is 1. The van der Waals surface area contributed by atoms with Crippen LogP contribution < -0.4 is 5.48 Å². The predicted molar refractivity (Wildman–Crippen MR) is 144 cm³/mol. The first-order valence-corrected chi connectivity index (χ1v) is 12.7. The van der Waals surface area contributed by atoms with Gasteiger partial charge in [0, 0.05) is 53.7 Å². The van der Waals surface area contributed by atoms with Crippen molar-refractivity contribution in [1.82, 2.24) is 20.3 Å². The minimum absolute atomic E-state index is 0.232. The molecule has 192 valence electrons. The lowest BCUT2D eigenvalue weighted by atomic mass is 10.0. The highest BCUT2D eigenvalue weighted by Crippen LogP contribution is 2.38. The van der Waals surface area contributed by atoms with Gasteiger partial charge < -0.3 is 9.97 Å². The van der Waals surface area contributed by atoms with Gasteiger partial charge in [-0.05, 0) is 97.7 Å². The Bertz CT molecular complexity index is 1480. The highest BCUT2D eigenvalue weighted by molar-refractivity contribution is 5.90. The van der Waals surface area contributed by atoms with Crippen LogP contribution in [0, 0.1) is 26.6 Å². The quantitative estimate of drug-likeness (QED) is 0.140. The van der Waals surface area contributed by atoms with E-state index in [4.69, 9.17) is 5.21 Å². The molecule has 0 saturated carbocycles. The van der Waals surface area contributed by atoms with Gasteiger partial charge in [0.2, 0.25) is 0 Å². The number of H-pyrrole nitrogens is 2. The van der Waals surface area contributed by atoms with E-state index in [9.17, 15) is 9.18 Å². The highest BCUT2D eigenvalue weighted by atomic mass is 19.1. The van der Waals surface area contributed by atoms with Crippen LogP contribution in [0.4, 0.5) is 4.39 Å². The van der Waals surface area contributed by atoms with E-state index in [-0.39, 0.29) is 11.9 Å². The fraction of sp³-hybridized carbons (Fsp3) is 0.300. The standard InChI is InChI=1S/C30H33FN4O2/c1-18-19(2)28(33-20(18)3)17-35(13-12-23-16-32-27-15-24(31)7-9-25(23)27)29-10-6-22-14-21(4-8-26(22)29)5-11-30(36)34-37/h4-5,7-9,11,14-16,29,32-33,37H,6,10,12-13,17H2,1-3H3,(H,34,36)/b11-5+. The smallest absolute Gasteiger partial charge is 0.267 e. The molecule has 0 radical (unpaired) electrons.